The number of sulfone groups is 1. The number of fused-ring (bicyclic) bond motifs is 2. The summed E-state index contributed by atoms with van der Waals surface area (Å²) in [7, 11) is -3.59. The molecule has 1 aromatic carbocycles. The molecule has 0 spiro atoms. The van der Waals surface area contributed by atoms with E-state index in [4.69, 9.17) is 4.42 Å². The summed E-state index contributed by atoms with van der Waals surface area (Å²) in [5.41, 5.74) is 2.18. The van der Waals surface area contributed by atoms with Crippen molar-refractivity contribution in [3.05, 3.63) is 54.2 Å². The molecule has 1 N–H and O–H groups in total. The molecule has 0 bridgehead atoms. The van der Waals surface area contributed by atoms with Crippen LogP contribution in [0, 0.1) is 6.92 Å². The zero-order valence-electron chi connectivity index (χ0n) is 13.9. The minimum absolute atomic E-state index is 0.0301. The van der Waals surface area contributed by atoms with Gasteiger partial charge < -0.3 is 9.73 Å². The van der Waals surface area contributed by atoms with Crippen LogP contribution in [-0.4, -0.2) is 34.9 Å². The molecule has 0 atom stereocenters. The Kier molecular flexibility index (Phi) is 3.55. The molecule has 3 aromatic heterocycles. The van der Waals surface area contributed by atoms with Gasteiger partial charge in [-0.15, -0.1) is 0 Å². The first-order chi connectivity index (χ1) is 12.3. The zero-order valence-corrected chi connectivity index (χ0v) is 14.7. The van der Waals surface area contributed by atoms with Crippen LogP contribution in [0.2, 0.25) is 0 Å². The number of amides is 1. The zero-order chi connectivity index (χ0) is 18.5. The molecule has 0 saturated heterocycles. The molecule has 0 aliphatic heterocycles. The van der Waals surface area contributed by atoms with Gasteiger partial charge in [-0.3, -0.25) is 9.20 Å². The van der Waals surface area contributed by atoms with Crippen molar-refractivity contribution >= 4 is 38.0 Å². The van der Waals surface area contributed by atoms with Crippen LogP contribution >= 0.6 is 0 Å². The summed E-state index contributed by atoms with van der Waals surface area (Å²) >= 11 is 0. The summed E-state index contributed by atoms with van der Waals surface area (Å²) in [5, 5.41) is 2.55. The van der Waals surface area contributed by atoms with Gasteiger partial charge in [0, 0.05) is 25.1 Å². The molecule has 0 saturated carbocycles. The highest BCUT2D eigenvalue weighted by Crippen LogP contribution is 2.22. The van der Waals surface area contributed by atoms with E-state index in [-0.39, 0.29) is 10.9 Å². The van der Waals surface area contributed by atoms with Gasteiger partial charge in [-0.25, -0.2) is 18.4 Å². The third-order valence-corrected chi connectivity index (χ3v) is 4.77. The second-order valence-electron chi connectivity index (χ2n) is 5.84. The molecule has 0 radical (unpaired) electrons. The molecule has 3 heterocycles. The Bertz CT molecular complexity index is 1270. The lowest BCUT2D eigenvalue weighted by Crippen LogP contribution is -2.13. The normalized spacial score (nSPS) is 11.9. The van der Waals surface area contributed by atoms with Crippen LogP contribution in [0.1, 0.15) is 16.4 Å². The van der Waals surface area contributed by atoms with E-state index in [0.29, 0.717) is 28.2 Å². The molecular formula is C17H14N4O4S. The molecular weight excluding hydrogens is 356 g/mol. The standard InChI is InChI=1S/C17H14N4O4S/c1-10-18-12-9-11(6-7-14(12)25-10)19-16(22)15-13-5-3-4-8-21(13)17(20-15)26(2,23)24/h3-9H,1-2H3,(H,19,22). The third-order valence-electron chi connectivity index (χ3n) is 3.82. The van der Waals surface area contributed by atoms with Crippen LogP contribution in [0.15, 0.2) is 52.2 Å². The van der Waals surface area contributed by atoms with E-state index in [9.17, 15) is 13.2 Å². The van der Waals surface area contributed by atoms with Gasteiger partial charge in [0.2, 0.25) is 15.0 Å². The van der Waals surface area contributed by atoms with E-state index >= 15 is 0 Å². The molecule has 4 aromatic rings. The Morgan fingerprint density at radius 2 is 2.00 bits per heavy atom. The number of oxazole rings is 1. The Labute approximate surface area is 148 Å². The monoisotopic (exact) mass is 370 g/mol. The van der Waals surface area contributed by atoms with E-state index in [1.807, 2.05) is 0 Å². The number of hydrogen-bond acceptors (Lipinski definition) is 6. The number of nitrogens with zero attached hydrogens (tertiary/aromatic N) is 3. The van der Waals surface area contributed by atoms with Crippen LogP contribution < -0.4 is 5.32 Å². The smallest absolute Gasteiger partial charge is 0.276 e. The van der Waals surface area contributed by atoms with Gasteiger partial charge in [0.05, 0.1) is 5.52 Å². The van der Waals surface area contributed by atoms with Crippen LogP contribution in [0.4, 0.5) is 5.69 Å². The molecule has 9 heteroatoms. The lowest BCUT2D eigenvalue weighted by atomic mass is 10.2. The molecule has 0 aliphatic rings. The molecule has 26 heavy (non-hydrogen) atoms. The van der Waals surface area contributed by atoms with E-state index < -0.39 is 15.7 Å². The fourth-order valence-electron chi connectivity index (χ4n) is 2.75. The molecule has 0 fully saturated rings. The number of nitrogens with one attached hydrogen (secondary N) is 1. The number of pyridine rings is 1. The van der Waals surface area contributed by atoms with E-state index in [0.717, 1.165) is 6.26 Å². The third kappa shape index (κ3) is 2.72. The first-order valence-electron chi connectivity index (χ1n) is 7.68. The number of carbonyl (C=O) groups excluding carboxylic acids is 1. The second-order valence-corrected chi connectivity index (χ2v) is 7.75. The lowest BCUT2D eigenvalue weighted by molar-refractivity contribution is 0.102. The second kappa shape index (κ2) is 5.67. The van der Waals surface area contributed by atoms with Gasteiger partial charge >= 0.3 is 0 Å². The molecule has 8 nitrogen and oxygen atoms in total. The van der Waals surface area contributed by atoms with Crippen LogP contribution in [0.3, 0.4) is 0 Å². The Morgan fingerprint density at radius 3 is 2.77 bits per heavy atom. The van der Waals surface area contributed by atoms with Crippen molar-refractivity contribution in [3.8, 4) is 0 Å². The predicted octanol–water partition coefficient (Wildman–Crippen LogP) is 2.44. The van der Waals surface area contributed by atoms with Gasteiger partial charge in [0.15, 0.2) is 17.2 Å². The van der Waals surface area contributed by atoms with Crippen molar-refractivity contribution in [2.75, 3.05) is 11.6 Å². The fraction of sp³-hybridized carbons (Fsp3) is 0.118. The van der Waals surface area contributed by atoms with Gasteiger partial charge in [-0.05, 0) is 30.3 Å². The maximum Gasteiger partial charge on any atom is 0.276 e. The van der Waals surface area contributed by atoms with Crippen molar-refractivity contribution in [2.24, 2.45) is 0 Å². The number of benzene rings is 1. The van der Waals surface area contributed by atoms with Gasteiger partial charge in [-0.1, -0.05) is 6.07 Å². The Morgan fingerprint density at radius 1 is 1.19 bits per heavy atom. The predicted molar refractivity (Wildman–Crippen MR) is 95.0 cm³/mol. The number of aromatic nitrogens is 3. The van der Waals surface area contributed by atoms with Gasteiger partial charge in [0.25, 0.3) is 5.91 Å². The summed E-state index contributed by atoms with van der Waals surface area (Å²) in [6, 6.07) is 10.1. The lowest BCUT2D eigenvalue weighted by Gasteiger charge is -2.03. The number of carbonyl (C=O) groups is 1. The Hall–Kier alpha value is -3.20. The maximum absolute atomic E-state index is 12.7. The van der Waals surface area contributed by atoms with Crippen LogP contribution in [-0.2, 0) is 9.84 Å². The van der Waals surface area contributed by atoms with E-state index in [1.165, 1.54) is 4.40 Å². The number of imidazole rings is 1. The number of aryl methyl sites for hydroxylation is 1. The summed E-state index contributed by atoms with van der Waals surface area (Å²) in [6.07, 6.45) is 2.61. The largest absolute Gasteiger partial charge is 0.441 e. The SMILES string of the molecule is Cc1nc2cc(NC(=O)c3nc(S(C)(=O)=O)n4ccccc34)ccc2o1. The van der Waals surface area contributed by atoms with Gasteiger partial charge in [-0.2, -0.15) is 0 Å². The Balaban J connectivity index is 1.76. The van der Waals surface area contributed by atoms with Crippen LogP contribution in [0.5, 0.6) is 0 Å². The molecule has 0 aliphatic carbocycles. The average Bonchev–Trinajstić information content (AvgIpc) is 3.13. The van der Waals surface area contributed by atoms with Gasteiger partial charge in [0.1, 0.15) is 5.52 Å². The van der Waals surface area contributed by atoms with Crippen molar-refractivity contribution in [1.29, 1.82) is 0 Å². The molecule has 0 unspecified atom stereocenters. The van der Waals surface area contributed by atoms with Crippen molar-refractivity contribution < 1.29 is 17.6 Å². The highest BCUT2D eigenvalue weighted by Gasteiger charge is 2.22. The average molecular weight is 370 g/mol. The summed E-state index contributed by atoms with van der Waals surface area (Å²) < 4.78 is 30.7. The number of rotatable bonds is 3. The van der Waals surface area contributed by atoms with E-state index in [2.05, 4.69) is 15.3 Å². The highest BCUT2D eigenvalue weighted by molar-refractivity contribution is 7.90. The summed E-state index contributed by atoms with van der Waals surface area (Å²) in [6.45, 7) is 1.74. The first kappa shape index (κ1) is 16.3. The van der Waals surface area contributed by atoms with Crippen LogP contribution in [0.25, 0.3) is 16.6 Å². The number of anilines is 1. The minimum atomic E-state index is -3.59. The van der Waals surface area contributed by atoms with E-state index in [1.54, 1.807) is 49.5 Å². The quantitative estimate of drug-likeness (QED) is 0.594. The summed E-state index contributed by atoms with van der Waals surface area (Å²) in [5.74, 6) is 0.0181. The molecule has 4 rings (SSSR count). The number of hydrogen-bond donors (Lipinski definition) is 1. The summed E-state index contributed by atoms with van der Waals surface area (Å²) in [4.78, 5) is 21.0. The topological polar surface area (TPSA) is 107 Å². The van der Waals surface area contributed by atoms with Crippen molar-refractivity contribution in [3.63, 3.8) is 0 Å². The molecule has 1 amide bonds. The highest BCUT2D eigenvalue weighted by atomic mass is 32.2. The molecule has 132 valence electrons. The van der Waals surface area contributed by atoms with Crippen molar-refractivity contribution in [1.82, 2.24) is 14.4 Å². The van der Waals surface area contributed by atoms with Crippen molar-refractivity contribution in [2.45, 2.75) is 12.1 Å². The maximum atomic E-state index is 12.7. The first-order valence-corrected chi connectivity index (χ1v) is 9.58. The minimum Gasteiger partial charge on any atom is -0.441 e. The fourth-order valence-corrected chi connectivity index (χ4v) is 3.52.